The summed E-state index contributed by atoms with van der Waals surface area (Å²) < 4.78 is 33.3. The summed E-state index contributed by atoms with van der Waals surface area (Å²) in [5.41, 5.74) is 0. The number of phosphoric acid groups is 1. The molecule has 0 fully saturated rings. The minimum atomic E-state index is -4.51. The van der Waals surface area contributed by atoms with Gasteiger partial charge in [0.05, 0.1) is 26.4 Å². The molecule has 0 amide bonds. The largest absolute Gasteiger partial charge is 0.472 e. The number of aliphatic hydroxyl groups is 2. The molecule has 9 nitrogen and oxygen atoms in total. The number of rotatable bonds is 40. The third-order valence-electron chi connectivity index (χ3n) is 8.84. The summed E-state index contributed by atoms with van der Waals surface area (Å²) in [7, 11) is -4.51. The number of unbranched alkanes of at least 4 members (excludes halogenated alkanes) is 20. The first-order valence-electron chi connectivity index (χ1n) is 21.0. The fourth-order valence-corrected chi connectivity index (χ4v) is 6.45. The van der Waals surface area contributed by atoms with Gasteiger partial charge in [0.25, 0.3) is 0 Å². The molecule has 0 spiro atoms. The van der Waals surface area contributed by atoms with E-state index in [-0.39, 0.29) is 25.6 Å². The fraction of sp³-hybridized carbons (Fsp3) is 0.833. The van der Waals surface area contributed by atoms with Gasteiger partial charge in [0.1, 0.15) is 12.2 Å². The van der Waals surface area contributed by atoms with Crippen molar-refractivity contribution in [3.05, 3.63) is 36.5 Å². The smallest absolute Gasteiger partial charge is 0.457 e. The van der Waals surface area contributed by atoms with E-state index in [0.29, 0.717) is 6.61 Å². The van der Waals surface area contributed by atoms with Crippen LogP contribution < -0.4 is 0 Å². The van der Waals surface area contributed by atoms with Crippen LogP contribution in [0.4, 0.5) is 0 Å². The highest BCUT2D eigenvalue weighted by Crippen LogP contribution is 2.43. The molecule has 0 rings (SSSR count). The highest BCUT2D eigenvalue weighted by atomic mass is 31.2. The van der Waals surface area contributed by atoms with E-state index in [1.54, 1.807) is 0 Å². The molecule has 0 bridgehead atoms. The molecule has 0 saturated carbocycles. The third-order valence-corrected chi connectivity index (χ3v) is 9.79. The van der Waals surface area contributed by atoms with E-state index in [2.05, 4.69) is 50.3 Å². The van der Waals surface area contributed by atoms with Gasteiger partial charge in [-0.3, -0.25) is 13.8 Å². The molecule has 0 aromatic rings. The Bertz CT molecular complexity index is 908. The topological polar surface area (TPSA) is 132 Å². The van der Waals surface area contributed by atoms with Crippen LogP contribution in [-0.4, -0.2) is 66.3 Å². The molecule has 0 aliphatic rings. The lowest BCUT2D eigenvalue weighted by Crippen LogP contribution is -2.29. The van der Waals surface area contributed by atoms with E-state index in [4.69, 9.17) is 23.6 Å². The second-order valence-corrected chi connectivity index (χ2v) is 15.4. The second-order valence-electron chi connectivity index (χ2n) is 14.0. The summed E-state index contributed by atoms with van der Waals surface area (Å²) >= 11 is 0. The summed E-state index contributed by atoms with van der Waals surface area (Å²) in [5.74, 6) is -0.385. The quantitative estimate of drug-likeness (QED) is 0.0242. The minimum Gasteiger partial charge on any atom is -0.457 e. The molecular weight excluding hydrogens is 679 g/mol. The van der Waals surface area contributed by atoms with Crippen molar-refractivity contribution in [2.75, 3.05) is 33.0 Å². The zero-order valence-corrected chi connectivity index (χ0v) is 34.2. The Morgan fingerprint density at radius 3 is 1.65 bits per heavy atom. The van der Waals surface area contributed by atoms with Gasteiger partial charge in [0.2, 0.25) is 0 Å². The van der Waals surface area contributed by atoms with Crippen molar-refractivity contribution in [3.63, 3.8) is 0 Å². The average Bonchev–Trinajstić information content (AvgIpc) is 3.13. The molecule has 0 radical (unpaired) electrons. The summed E-state index contributed by atoms with van der Waals surface area (Å²) in [6, 6.07) is 0. The molecule has 306 valence electrons. The van der Waals surface area contributed by atoms with Gasteiger partial charge in [-0.1, -0.05) is 166 Å². The van der Waals surface area contributed by atoms with Crippen molar-refractivity contribution in [2.45, 2.75) is 193 Å². The van der Waals surface area contributed by atoms with Crippen molar-refractivity contribution in [1.82, 2.24) is 0 Å². The van der Waals surface area contributed by atoms with Crippen LogP contribution in [0.5, 0.6) is 0 Å². The zero-order valence-electron chi connectivity index (χ0n) is 33.3. The Labute approximate surface area is 318 Å². The second kappa shape index (κ2) is 39.4. The van der Waals surface area contributed by atoms with E-state index >= 15 is 0 Å². The van der Waals surface area contributed by atoms with Crippen LogP contribution >= 0.6 is 7.82 Å². The Balaban J connectivity index is 4.17. The Morgan fingerprint density at radius 2 is 1.10 bits per heavy atom. The van der Waals surface area contributed by atoms with Crippen LogP contribution in [0, 0.1) is 0 Å². The Morgan fingerprint density at radius 1 is 0.615 bits per heavy atom. The van der Waals surface area contributed by atoms with Crippen molar-refractivity contribution >= 4 is 13.8 Å². The van der Waals surface area contributed by atoms with Crippen LogP contribution in [0.1, 0.15) is 181 Å². The normalized spacial score (nSPS) is 14.5. The predicted molar refractivity (Wildman–Crippen MR) is 214 cm³/mol. The van der Waals surface area contributed by atoms with Gasteiger partial charge in [0, 0.05) is 13.0 Å². The summed E-state index contributed by atoms with van der Waals surface area (Å²) in [6.07, 6.45) is 41.0. The number of allylic oxidation sites excluding steroid dienone is 6. The van der Waals surface area contributed by atoms with Gasteiger partial charge < -0.3 is 24.6 Å². The van der Waals surface area contributed by atoms with E-state index < -0.39 is 33.2 Å². The molecule has 52 heavy (non-hydrogen) atoms. The number of carbonyl (C=O) groups excluding carboxylic acids is 1. The first-order chi connectivity index (χ1) is 25.3. The first kappa shape index (κ1) is 50.7. The Hall–Kier alpha value is -1.32. The fourth-order valence-electron chi connectivity index (χ4n) is 5.66. The van der Waals surface area contributed by atoms with Crippen LogP contribution in [0.3, 0.4) is 0 Å². The number of hydrogen-bond donors (Lipinski definition) is 3. The van der Waals surface area contributed by atoms with Crippen molar-refractivity contribution in [2.24, 2.45) is 0 Å². The maximum Gasteiger partial charge on any atom is 0.472 e. The third kappa shape index (κ3) is 38.4. The van der Waals surface area contributed by atoms with Crippen molar-refractivity contribution in [3.8, 4) is 0 Å². The molecular formula is C42H79O9P. The number of esters is 1. The van der Waals surface area contributed by atoms with Crippen LogP contribution in [0.2, 0.25) is 0 Å². The lowest BCUT2D eigenvalue weighted by Gasteiger charge is -2.20. The van der Waals surface area contributed by atoms with E-state index in [1.807, 2.05) is 0 Å². The van der Waals surface area contributed by atoms with Gasteiger partial charge in [-0.25, -0.2) is 4.57 Å². The van der Waals surface area contributed by atoms with Crippen LogP contribution in [-0.2, 0) is 27.9 Å². The first-order valence-corrected chi connectivity index (χ1v) is 22.5. The number of ether oxygens (including phenoxy) is 2. The molecule has 10 heteroatoms. The Kier molecular flexibility index (Phi) is 38.4. The number of carbonyl (C=O) groups is 1. The van der Waals surface area contributed by atoms with Gasteiger partial charge in [-0.15, -0.1) is 0 Å². The average molecular weight is 759 g/mol. The van der Waals surface area contributed by atoms with Crippen molar-refractivity contribution < 1.29 is 43.0 Å². The highest BCUT2D eigenvalue weighted by molar-refractivity contribution is 7.47. The minimum absolute atomic E-state index is 0.0463. The summed E-state index contributed by atoms with van der Waals surface area (Å²) in [6.45, 7) is 3.40. The molecule has 3 N–H and O–H groups in total. The molecule has 0 aliphatic heterocycles. The van der Waals surface area contributed by atoms with Crippen LogP contribution in [0.25, 0.3) is 0 Å². The highest BCUT2D eigenvalue weighted by Gasteiger charge is 2.26. The van der Waals surface area contributed by atoms with Gasteiger partial charge in [-0.05, 0) is 44.9 Å². The van der Waals surface area contributed by atoms with Gasteiger partial charge in [-0.2, -0.15) is 0 Å². The number of hydrogen-bond acceptors (Lipinski definition) is 8. The molecule has 3 unspecified atom stereocenters. The monoisotopic (exact) mass is 759 g/mol. The maximum absolute atomic E-state index is 12.6. The molecule has 0 aromatic carbocycles. The molecule has 0 aromatic heterocycles. The molecule has 0 heterocycles. The summed E-state index contributed by atoms with van der Waals surface area (Å²) in [4.78, 5) is 22.5. The van der Waals surface area contributed by atoms with Crippen LogP contribution in [0.15, 0.2) is 36.5 Å². The zero-order chi connectivity index (χ0) is 38.2. The standard InChI is InChI=1S/C42H79O9P/c1-3-5-7-9-11-13-15-17-18-19-20-21-23-25-27-29-31-33-35-48-38-41(39-50-52(46,47)49-37-40(44)36-43)51-42(45)34-32-30-28-26-24-22-16-14-12-10-8-6-4-2/h5,7,11,13,17-18,40-41,43-44H,3-4,6,8-10,12,14-16,19-39H2,1-2H3,(H,46,47)/b7-5-,13-11-,18-17-. The predicted octanol–water partition coefficient (Wildman–Crippen LogP) is 11.3. The molecule has 0 saturated heterocycles. The SMILES string of the molecule is CC/C=C\C/C=C\C/C=C\CCCCCCCCCCOCC(COP(=O)(O)OCC(O)CO)OC(=O)CCCCCCCCCCCCCCC. The lowest BCUT2D eigenvalue weighted by atomic mass is 10.0. The lowest BCUT2D eigenvalue weighted by molar-refractivity contribution is -0.154. The van der Waals surface area contributed by atoms with E-state index in [1.165, 1.54) is 96.3 Å². The molecule has 0 aliphatic carbocycles. The van der Waals surface area contributed by atoms with E-state index in [9.17, 15) is 19.4 Å². The number of phosphoric ester groups is 1. The number of aliphatic hydroxyl groups excluding tert-OH is 2. The van der Waals surface area contributed by atoms with E-state index in [0.717, 1.165) is 64.2 Å². The van der Waals surface area contributed by atoms with Gasteiger partial charge >= 0.3 is 13.8 Å². The maximum atomic E-state index is 12.6. The summed E-state index contributed by atoms with van der Waals surface area (Å²) in [5, 5.41) is 18.3. The van der Waals surface area contributed by atoms with Gasteiger partial charge in [0.15, 0.2) is 0 Å². The molecule has 3 atom stereocenters. The van der Waals surface area contributed by atoms with Crippen molar-refractivity contribution in [1.29, 1.82) is 0 Å².